The Labute approximate surface area is 161 Å². The summed E-state index contributed by atoms with van der Waals surface area (Å²) in [6.45, 7) is 5.98. The number of rotatable bonds is 6. The van der Waals surface area contributed by atoms with Crippen LogP contribution in [0, 0.1) is 6.92 Å². The van der Waals surface area contributed by atoms with E-state index in [1.807, 2.05) is 25.2 Å². The fourth-order valence-corrected chi connectivity index (χ4v) is 3.82. The van der Waals surface area contributed by atoms with Gasteiger partial charge in [-0.25, -0.2) is 0 Å². The lowest BCUT2D eigenvalue weighted by Gasteiger charge is -2.14. The Kier molecular flexibility index (Phi) is 5.22. The van der Waals surface area contributed by atoms with E-state index in [1.54, 1.807) is 12.1 Å². The highest BCUT2D eigenvalue weighted by Crippen LogP contribution is 2.40. The van der Waals surface area contributed by atoms with Gasteiger partial charge in [0.2, 0.25) is 10.7 Å². The van der Waals surface area contributed by atoms with Gasteiger partial charge in [0.15, 0.2) is 11.5 Å². The van der Waals surface area contributed by atoms with E-state index in [-0.39, 0.29) is 11.8 Å². The number of benzene rings is 1. The number of anilines is 1. The molecule has 0 fully saturated rings. The van der Waals surface area contributed by atoms with Gasteiger partial charge < -0.3 is 19.5 Å². The lowest BCUT2D eigenvalue weighted by Crippen LogP contribution is -2.13. The van der Waals surface area contributed by atoms with Crippen LogP contribution in [0.1, 0.15) is 41.0 Å². The normalized spacial score (nSPS) is 11.1. The number of thiazole rings is 1. The molecule has 3 aromatic rings. The maximum absolute atomic E-state index is 12.9. The van der Waals surface area contributed by atoms with Crippen molar-refractivity contribution in [3.63, 3.8) is 0 Å². The summed E-state index contributed by atoms with van der Waals surface area (Å²) in [7, 11) is 4.59. The van der Waals surface area contributed by atoms with Crippen molar-refractivity contribution in [1.82, 2.24) is 14.6 Å². The van der Waals surface area contributed by atoms with E-state index >= 15 is 0 Å². The summed E-state index contributed by atoms with van der Waals surface area (Å²) in [5.74, 6) is 2.22. The van der Waals surface area contributed by atoms with Crippen molar-refractivity contribution in [2.24, 2.45) is 0 Å². The molecule has 9 heteroatoms. The molecule has 1 N–H and O–H groups in total. The van der Waals surface area contributed by atoms with Crippen LogP contribution in [-0.2, 0) is 0 Å². The Morgan fingerprint density at radius 2 is 1.74 bits per heavy atom. The van der Waals surface area contributed by atoms with Crippen molar-refractivity contribution < 1.29 is 19.0 Å². The summed E-state index contributed by atoms with van der Waals surface area (Å²) >= 11 is 1.31. The van der Waals surface area contributed by atoms with Gasteiger partial charge in [0.05, 0.1) is 21.3 Å². The van der Waals surface area contributed by atoms with Gasteiger partial charge in [0.25, 0.3) is 5.91 Å². The van der Waals surface area contributed by atoms with E-state index in [4.69, 9.17) is 14.2 Å². The highest BCUT2D eigenvalue weighted by atomic mass is 32.1. The van der Waals surface area contributed by atoms with Crippen molar-refractivity contribution in [3.8, 4) is 17.2 Å². The predicted octanol–water partition coefficient (Wildman–Crippen LogP) is 3.50. The van der Waals surface area contributed by atoms with Crippen LogP contribution >= 0.6 is 11.3 Å². The Morgan fingerprint density at radius 1 is 1.11 bits per heavy atom. The second kappa shape index (κ2) is 7.43. The Morgan fingerprint density at radius 3 is 2.26 bits per heavy atom. The number of hydrogen-bond acceptors (Lipinski definition) is 7. The number of nitrogens with one attached hydrogen (secondary N) is 1. The van der Waals surface area contributed by atoms with E-state index in [9.17, 15) is 4.79 Å². The molecule has 0 aliphatic carbocycles. The van der Waals surface area contributed by atoms with Crippen LogP contribution in [0.5, 0.6) is 17.2 Å². The number of aryl methyl sites for hydroxylation is 1. The summed E-state index contributed by atoms with van der Waals surface area (Å²) in [4.78, 5) is 14.1. The molecule has 144 valence electrons. The van der Waals surface area contributed by atoms with Crippen molar-refractivity contribution in [1.29, 1.82) is 0 Å². The van der Waals surface area contributed by atoms with Crippen molar-refractivity contribution >= 4 is 27.9 Å². The molecule has 0 aliphatic heterocycles. The first-order valence-corrected chi connectivity index (χ1v) is 9.18. The molecule has 8 nitrogen and oxygen atoms in total. The average Bonchev–Trinajstić information content (AvgIpc) is 3.21. The molecular formula is C18H22N4O4S. The van der Waals surface area contributed by atoms with Crippen LogP contribution in [0.2, 0.25) is 0 Å². The van der Waals surface area contributed by atoms with Gasteiger partial charge in [-0.1, -0.05) is 25.2 Å². The minimum absolute atomic E-state index is 0.208. The number of carbonyl (C=O) groups is 1. The van der Waals surface area contributed by atoms with Crippen LogP contribution in [-0.4, -0.2) is 41.8 Å². The highest BCUT2D eigenvalue weighted by Gasteiger charge is 2.22. The van der Waals surface area contributed by atoms with E-state index in [1.165, 1.54) is 32.7 Å². The van der Waals surface area contributed by atoms with Gasteiger partial charge >= 0.3 is 0 Å². The zero-order valence-corrected chi connectivity index (χ0v) is 16.9. The van der Waals surface area contributed by atoms with E-state index in [0.717, 1.165) is 11.5 Å². The third-order valence-corrected chi connectivity index (χ3v) is 5.29. The van der Waals surface area contributed by atoms with E-state index in [2.05, 4.69) is 15.5 Å². The largest absolute Gasteiger partial charge is 0.493 e. The van der Waals surface area contributed by atoms with Crippen LogP contribution in [0.4, 0.5) is 5.69 Å². The van der Waals surface area contributed by atoms with Gasteiger partial charge in [0, 0.05) is 29.4 Å². The van der Waals surface area contributed by atoms with Crippen molar-refractivity contribution in [2.75, 3.05) is 26.6 Å². The summed E-state index contributed by atoms with van der Waals surface area (Å²) in [6.07, 6.45) is 0. The molecule has 2 aromatic heterocycles. The lowest BCUT2D eigenvalue weighted by molar-refractivity contribution is 0.102. The summed E-state index contributed by atoms with van der Waals surface area (Å²) in [5, 5.41) is 11.3. The number of nitrogens with zero attached hydrogens (tertiary/aromatic N) is 3. The predicted molar refractivity (Wildman–Crippen MR) is 104 cm³/mol. The fraction of sp³-hybridized carbons (Fsp3) is 0.389. The molecule has 27 heavy (non-hydrogen) atoms. The van der Waals surface area contributed by atoms with Crippen LogP contribution < -0.4 is 19.5 Å². The SMILES string of the molecule is COc1cc(NC(=O)c2sc3nnc(C(C)C)n3c2C)cc(OC)c1OC. The zero-order chi connectivity index (χ0) is 19.7. The molecule has 0 aliphatic rings. The maximum atomic E-state index is 12.9. The number of fused-ring (bicyclic) bond motifs is 1. The Bertz CT molecular complexity index is 968. The second-order valence-corrected chi connectivity index (χ2v) is 7.19. The zero-order valence-electron chi connectivity index (χ0n) is 16.1. The third-order valence-electron chi connectivity index (χ3n) is 4.16. The number of amides is 1. The van der Waals surface area contributed by atoms with Gasteiger partial charge in [0.1, 0.15) is 10.7 Å². The minimum Gasteiger partial charge on any atom is -0.493 e. The molecule has 0 saturated heterocycles. The lowest BCUT2D eigenvalue weighted by atomic mass is 10.2. The highest BCUT2D eigenvalue weighted by molar-refractivity contribution is 7.19. The summed E-state index contributed by atoms with van der Waals surface area (Å²) < 4.78 is 17.9. The standard InChI is InChI=1S/C18H22N4O4S/c1-9(2)16-20-21-18-22(16)10(3)15(27-18)17(23)19-11-7-12(24-4)14(26-6)13(8-11)25-5/h7-9H,1-6H3,(H,19,23). The molecule has 0 bridgehead atoms. The first-order valence-electron chi connectivity index (χ1n) is 8.37. The summed E-state index contributed by atoms with van der Waals surface area (Å²) in [5.41, 5.74) is 1.36. The van der Waals surface area contributed by atoms with Gasteiger partial charge in [-0.15, -0.1) is 10.2 Å². The molecule has 2 heterocycles. The van der Waals surface area contributed by atoms with Gasteiger partial charge in [-0.05, 0) is 6.92 Å². The molecule has 0 spiro atoms. The Balaban J connectivity index is 1.96. The number of aromatic nitrogens is 3. The minimum atomic E-state index is -0.230. The van der Waals surface area contributed by atoms with Crippen molar-refractivity contribution in [2.45, 2.75) is 26.7 Å². The van der Waals surface area contributed by atoms with Gasteiger partial charge in [-0.3, -0.25) is 9.20 Å². The number of hydrogen-bond donors (Lipinski definition) is 1. The average molecular weight is 390 g/mol. The molecular weight excluding hydrogens is 368 g/mol. The van der Waals surface area contributed by atoms with E-state index in [0.29, 0.717) is 32.8 Å². The molecule has 1 aromatic carbocycles. The number of ether oxygens (including phenoxy) is 3. The first kappa shape index (κ1) is 19.0. The summed E-state index contributed by atoms with van der Waals surface area (Å²) in [6, 6.07) is 3.38. The molecule has 1 amide bonds. The molecule has 3 rings (SSSR count). The van der Waals surface area contributed by atoms with E-state index < -0.39 is 0 Å². The first-order chi connectivity index (χ1) is 12.9. The molecule has 0 radical (unpaired) electrons. The number of methoxy groups -OCH3 is 3. The monoisotopic (exact) mass is 390 g/mol. The Hall–Kier alpha value is -2.81. The van der Waals surface area contributed by atoms with Crippen LogP contribution in [0.15, 0.2) is 12.1 Å². The molecule has 0 atom stereocenters. The van der Waals surface area contributed by atoms with Crippen LogP contribution in [0.25, 0.3) is 4.96 Å². The molecule has 0 unspecified atom stereocenters. The van der Waals surface area contributed by atoms with Crippen LogP contribution in [0.3, 0.4) is 0 Å². The molecule has 0 saturated carbocycles. The second-order valence-electron chi connectivity index (χ2n) is 6.22. The fourth-order valence-electron chi connectivity index (χ4n) is 2.85. The quantitative estimate of drug-likeness (QED) is 0.693. The maximum Gasteiger partial charge on any atom is 0.267 e. The van der Waals surface area contributed by atoms with Gasteiger partial charge in [-0.2, -0.15) is 0 Å². The topological polar surface area (TPSA) is 87.0 Å². The third kappa shape index (κ3) is 3.30. The smallest absolute Gasteiger partial charge is 0.267 e. The van der Waals surface area contributed by atoms with Crippen molar-refractivity contribution in [3.05, 3.63) is 28.5 Å². The number of carbonyl (C=O) groups excluding carboxylic acids is 1.